The average molecular weight is 343 g/mol. The molecule has 0 atom stereocenters. The first-order chi connectivity index (χ1) is 12.6. The van der Waals surface area contributed by atoms with E-state index in [1.807, 2.05) is 55.5 Å². The van der Waals surface area contributed by atoms with Crippen molar-refractivity contribution >= 4 is 27.7 Å². The molecule has 0 fully saturated rings. The highest BCUT2D eigenvalue weighted by Crippen LogP contribution is 2.18. The van der Waals surface area contributed by atoms with E-state index in [0.717, 1.165) is 27.5 Å². The van der Waals surface area contributed by atoms with Gasteiger partial charge in [0, 0.05) is 34.6 Å². The van der Waals surface area contributed by atoms with Crippen molar-refractivity contribution < 1.29 is 4.79 Å². The molecule has 2 aromatic heterocycles. The Bertz CT molecular complexity index is 1190. The first-order valence-corrected chi connectivity index (χ1v) is 8.37. The molecule has 5 heteroatoms. The van der Waals surface area contributed by atoms with Crippen LogP contribution in [0.1, 0.15) is 21.6 Å². The van der Waals surface area contributed by atoms with E-state index in [-0.39, 0.29) is 18.0 Å². The van der Waals surface area contributed by atoms with Gasteiger partial charge in [-0.05, 0) is 30.7 Å². The van der Waals surface area contributed by atoms with Gasteiger partial charge in [0.1, 0.15) is 0 Å². The summed E-state index contributed by atoms with van der Waals surface area (Å²) in [5.41, 5.74) is 3.42. The molecule has 0 unspecified atom stereocenters. The van der Waals surface area contributed by atoms with Gasteiger partial charge in [-0.1, -0.05) is 36.4 Å². The fourth-order valence-electron chi connectivity index (χ4n) is 3.12. The number of aromatic nitrogens is 2. The van der Waals surface area contributed by atoms with E-state index in [9.17, 15) is 9.59 Å². The highest BCUT2D eigenvalue weighted by molar-refractivity contribution is 6.05. The molecule has 0 aliphatic carbocycles. The van der Waals surface area contributed by atoms with Gasteiger partial charge in [-0.3, -0.25) is 14.6 Å². The van der Waals surface area contributed by atoms with Gasteiger partial charge in [0.15, 0.2) is 0 Å². The van der Waals surface area contributed by atoms with Crippen LogP contribution in [0.5, 0.6) is 0 Å². The number of carbonyl (C=O) groups excluding carboxylic acids is 1. The zero-order chi connectivity index (χ0) is 18.1. The number of hydrogen-bond acceptors (Lipinski definition) is 3. The first kappa shape index (κ1) is 16.0. The van der Waals surface area contributed by atoms with Crippen molar-refractivity contribution in [2.24, 2.45) is 0 Å². The molecule has 128 valence electrons. The summed E-state index contributed by atoms with van der Waals surface area (Å²) in [6.07, 6.45) is 0. The minimum atomic E-state index is -0.210. The maximum Gasteiger partial charge on any atom is 0.253 e. The molecule has 2 N–H and O–H groups in total. The lowest BCUT2D eigenvalue weighted by Gasteiger charge is -2.10. The third-order valence-corrected chi connectivity index (χ3v) is 4.38. The van der Waals surface area contributed by atoms with Crippen molar-refractivity contribution in [1.82, 2.24) is 15.3 Å². The van der Waals surface area contributed by atoms with Gasteiger partial charge in [-0.2, -0.15) is 0 Å². The highest BCUT2D eigenvalue weighted by atomic mass is 16.1. The molecular formula is C21H17N3O2. The predicted octanol–water partition coefficient (Wildman–Crippen LogP) is 3.31. The standard InChI is InChI=1S/C21H17N3O2/c1-13-9-10-14-5-4-7-17(20(14)23-13)21(26)22-12-15-11-19(25)24-18-8-3-2-6-16(15)18/h2-11H,12H2,1H3,(H,22,26)(H,24,25). The number of aryl methyl sites for hydroxylation is 1. The topological polar surface area (TPSA) is 74.8 Å². The largest absolute Gasteiger partial charge is 0.348 e. The Labute approximate surface area is 149 Å². The van der Waals surface area contributed by atoms with Crippen molar-refractivity contribution in [2.75, 3.05) is 0 Å². The van der Waals surface area contributed by atoms with Crippen molar-refractivity contribution in [3.05, 3.63) is 87.8 Å². The van der Waals surface area contributed by atoms with E-state index in [1.165, 1.54) is 6.07 Å². The van der Waals surface area contributed by atoms with Crippen LogP contribution in [0, 0.1) is 6.92 Å². The predicted molar refractivity (Wildman–Crippen MR) is 102 cm³/mol. The van der Waals surface area contributed by atoms with Gasteiger partial charge in [-0.25, -0.2) is 0 Å². The number of aromatic amines is 1. The molecule has 0 saturated heterocycles. The van der Waals surface area contributed by atoms with Crippen LogP contribution in [0.4, 0.5) is 0 Å². The van der Waals surface area contributed by atoms with Crippen molar-refractivity contribution in [3.8, 4) is 0 Å². The maximum atomic E-state index is 12.7. The third kappa shape index (κ3) is 2.95. The monoisotopic (exact) mass is 343 g/mol. The van der Waals surface area contributed by atoms with E-state index in [4.69, 9.17) is 0 Å². The molecule has 0 aliphatic rings. The van der Waals surface area contributed by atoms with Crippen molar-refractivity contribution in [3.63, 3.8) is 0 Å². The number of amides is 1. The Morgan fingerprint density at radius 3 is 2.81 bits per heavy atom. The van der Waals surface area contributed by atoms with Gasteiger partial charge < -0.3 is 10.3 Å². The Kier molecular flexibility index (Phi) is 3.97. The lowest BCUT2D eigenvalue weighted by atomic mass is 10.1. The van der Waals surface area contributed by atoms with Crippen LogP contribution in [-0.4, -0.2) is 15.9 Å². The lowest BCUT2D eigenvalue weighted by Crippen LogP contribution is -2.24. The van der Waals surface area contributed by atoms with Crippen LogP contribution in [-0.2, 0) is 6.54 Å². The number of carbonyl (C=O) groups is 1. The zero-order valence-electron chi connectivity index (χ0n) is 14.2. The van der Waals surface area contributed by atoms with Crippen LogP contribution >= 0.6 is 0 Å². The quantitative estimate of drug-likeness (QED) is 0.599. The van der Waals surface area contributed by atoms with E-state index in [2.05, 4.69) is 15.3 Å². The molecule has 0 bridgehead atoms. The Balaban J connectivity index is 1.66. The number of nitrogens with zero attached hydrogens (tertiary/aromatic N) is 1. The lowest BCUT2D eigenvalue weighted by molar-refractivity contribution is 0.0952. The number of hydrogen-bond donors (Lipinski definition) is 2. The van der Waals surface area contributed by atoms with Gasteiger partial charge in [0.05, 0.1) is 11.1 Å². The Morgan fingerprint density at radius 1 is 1.08 bits per heavy atom. The minimum absolute atomic E-state index is 0.185. The summed E-state index contributed by atoms with van der Waals surface area (Å²) in [4.78, 5) is 31.9. The summed E-state index contributed by atoms with van der Waals surface area (Å²) in [5.74, 6) is -0.210. The molecule has 4 rings (SSSR count). The number of fused-ring (bicyclic) bond motifs is 2. The molecule has 2 aromatic carbocycles. The van der Waals surface area contributed by atoms with E-state index in [1.54, 1.807) is 6.07 Å². The molecular weight excluding hydrogens is 326 g/mol. The van der Waals surface area contributed by atoms with Crippen molar-refractivity contribution in [1.29, 1.82) is 0 Å². The van der Waals surface area contributed by atoms with Crippen molar-refractivity contribution in [2.45, 2.75) is 13.5 Å². The maximum absolute atomic E-state index is 12.7. The fourth-order valence-corrected chi connectivity index (χ4v) is 3.12. The molecule has 5 nitrogen and oxygen atoms in total. The van der Waals surface area contributed by atoms with Crippen LogP contribution in [0.25, 0.3) is 21.8 Å². The van der Waals surface area contributed by atoms with Gasteiger partial charge in [-0.15, -0.1) is 0 Å². The first-order valence-electron chi connectivity index (χ1n) is 8.37. The second kappa shape index (κ2) is 6.44. The zero-order valence-corrected chi connectivity index (χ0v) is 14.2. The van der Waals surface area contributed by atoms with Gasteiger partial charge in [0.2, 0.25) is 5.56 Å². The normalized spacial score (nSPS) is 11.0. The number of para-hydroxylation sites is 2. The number of H-pyrrole nitrogens is 1. The Morgan fingerprint density at radius 2 is 1.92 bits per heavy atom. The summed E-state index contributed by atoms with van der Waals surface area (Å²) in [7, 11) is 0. The van der Waals surface area contributed by atoms with E-state index >= 15 is 0 Å². The van der Waals surface area contributed by atoms with Gasteiger partial charge >= 0.3 is 0 Å². The molecule has 1 amide bonds. The van der Waals surface area contributed by atoms with Crippen LogP contribution in [0.2, 0.25) is 0 Å². The number of benzene rings is 2. The SMILES string of the molecule is Cc1ccc2cccc(C(=O)NCc3cc(=O)[nH]c4ccccc34)c2n1. The van der Waals surface area contributed by atoms with Crippen LogP contribution in [0.3, 0.4) is 0 Å². The highest BCUT2D eigenvalue weighted by Gasteiger charge is 2.12. The summed E-state index contributed by atoms with van der Waals surface area (Å²) in [6.45, 7) is 2.17. The average Bonchev–Trinajstić information content (AvgIpc) is 2.65. The summed E-state index contributed by atoms with van der Waals surface area (Å²) in [6, 6.07) is 18.5. The molecule has 0 spiro atoms. The summed E-state index contributed by atoms with van der Waals surface area (Å²) >= 11 is 0. The molecule has 0 radical (unpaired) electrons. The fraction of sp³-hybridized carbons (Fsp3) is 0.0952. The Hall–Kier alpha value is -3.47. The summed E-state index contributed by atoms with van der Waals surface area (Å²) in [5, 5.41) is 4.75. The van der Waals surface area contributed by atoms with Crippen LogP contribution in [0.15, 0.2) is 65.5 Å². The summed E-state index contributed by atoms with van der Waals surface area (Å²) < 4.78 is 0. The third-order valence-electron chi connectivity index (χ3n) is 4.38. The smallest absolute Gasteiger partial charge is 0.253 e. The second-order valence-corrected chi connectivity index (χ2v) is 6.22. The van der Waals surface area contributed by atoms with Gasteiger partial charge in [0.25, 0.3) is 5.91 Å². The van der Waals surface area contributed by atoms with E-state index < -0.39 is 0 Å². The number of nitrogens with one attached hydrogen (secondary N) is 2. The molecule has 2 heterocycles. The molecule has 0 aliphatic heterocycles. The number of pyridine rings is 2. The minimum Gasteiger partial charge on any atom is -0.348 e. The molecule has 0 saturated carbocycles. The molecule has 4 aromatic rings. The number of rotatable bonds is 3. The molecule has 26 heavy (non-hydrogen) atoms. The van der Waals surface area contributed by atoms with Crippen LogP contribution < -0.4 is 10.9 Å². The second-order valence-electron chi connectivity index (χ2n) is 6.22. The van der Waals surface area contributed by atoms with E-state index in [0.29, 0.717) is 11.1 Å².